The Morgan fingerprint density at radius 2 is 1.75 bits per heavy atom. The number of imidazole rings is 1. The molecule has 3 heteroatoms. The van der Waals surface area contributed by atoms with Crippen LogP contribution in [0.1, 0.15) is 37.2 Å². The quantitative estimate of drug-likeness (QED) is 0.841. The lowest BCUT2D eigenvalue weighted by Crippen LogP contribution is -2.26. The van der Waals surface area contributed by atoms with E-state index >= 15 is 0 Å². The summed E-state index contributed by atoms with van der Waals surface area (Å²) in [6.45, 7) is 0.876. The van der Waals surface area contributed by atoms with Gasteiger partial charge in [-0.25, -0.2) is 4.79 Å². The summed E-state index contributed by atoms with van der Waals surface area (Å²) in [4.78, 5) is 11.9. The fourth-order valence-corrected chi connectivity index (χ4v) is 3.33. The molecule has 1 aromatic carbocycles. The Hall–Kier alpha value is -1.77. The normalized spacial score (nSPS) is 22.9. The highest BCUT2D eigenvalue weighted by atomic mass is 16.1. The molecule has 1 aliphatic carbocycles. The van der Waals surface area contributed by atoms with Gasteiger partial charge in [0, 0.05) is 26.0 Å². The molecular weight excluding hydrogens is 248 g/mol. The van der Waals surface area contributed by atoms with E-state index in [2.05, 4.69) is 30.3 Å². The number of aromatic nitrogens is 2. The van der Waals surface area contributed by atoms with E-state index in [0.717, 1.165) is 6.54 Å². The third-order valence-corrected chi connectivity index (χ3v) is 4.59. The van der Waals surface area contributed by atoms with Crippen molar-refractivity contribution in [1.29, 1.82) is 0 Å². The SMILES string of the molecule is Cn1ccn(CC2CCC(c3ccccc3)CC2)c1=O. The van der Waals surface area contributed by atoms with Gasteiger partial charge in [0.25, 0.3) is 0 Å². The van der Waals surface area contributed by atoms with Crippen LogP contribution in [-0.2, 0) is 13.6 Å². The predicted molar refractivity (Wildman–Crippen MR) is 80.8 cm³/mol. The minimum absolute atomic E-state index is 0.107. The summed E-state index contributed by atoms with van der Waals surface area (Å²) < 4.78 is 3.50. The van der Waals surface area contributed by atoms with Crippen molar-refractivity contribution in [1.82, 2.24) is 9.13 Å². The number of hydrogen-bond acceptors (Lipinski definition) is 1. The lowest BCUT2D eigenvalue weighted by Gasteiger charge is -2.28. The molecule has 1 aliphatic rings. The van der Waals surface area contributed by atoms with Gasteiger partial charge in [-0.15, -0.1) is 0 Å². The van der Waals surface area contributed by atoms with Crippen molar-refractivity contribution in [3.63, 3.8) is 0 Å². The zero-order chi connectivity index (χ0) is 13.9. The van der Waals surface area contributed by atoms with Gasteiger partial charge in [-0.05, 0) is 43.1 Å². The molecule has 0 atom stereocenters. The third kappa shape index (κ3) is 2.72. The van der Waals surface area contributed by atoms with Gasteiger partial charge in [0.05, 0.1) is 0 Å². The molecule has 0 spiro atoms. The number of rotatable bonds is 3. The molecule has 1 heterocycles. The van der Waals surface area contributed by atoms with Gasteiger partial charge in [0.15, 0.2) is 0 Å². The van der Waals surface area contributed by atoms with Crippen molar-refractivity contribution in [3.8, 4) is 0 Å². The first kappa shape index (κ1) is 13.2. The second-order valence-corrected chi connectivity index (χ2v) is 5.97. The van der Waals surface area contributed by atoms with E-state index in [9.17, 15) is 4.79 Å². The lowest BCUT2D eigenvalue weighted by molar-refractivity contribution is 0.291. The average Bonchev–Trinajstić information content (AvgIpc) is 2.81. The van der Waals surface area contributed by atoms with Crippen LogP contribution < -0.4 is 5.69 Å². The van der Waals surface area contributed by atoms with Gasteiger partial charge < -0.3 is 4.57 Å². The number of hydrogen-bond donors (Lipinski definition) is 0. The highest BCUT2D eigenvalue weighted by Gasteiger charge is 2.22. The summed E-state index contributed by atoms with van der Waals surface area (Å²) in [5, 5.41) is 0. The maximum absolute atomic E-state index is 11.9. The van der Waals surface area contributed by atoms with Crippen molar-refractivity contribution in [2.24, 2.45) is 13.0 Å². The van der Waals surface area contributed by atoms with E-state index in [0.29, 0.717) is 11.8 Å². The molecular formula is C17H22N2O. The van der Waals surface area contributed by atoms with Crippen molar-refractivity contribution in [2.45, 2.75) is 38.1 Å². The van der Waals surface area contributed by atoms with E-state index in [4.69, 9.17) is 0 Å². The maximum atomic E-state index is 11.9. The molecule has 0 unspecified atom stereocenters. The number of aryl methyl sites for hydroxylation is 1. The summed E-state index contributed by atoms with van der Waals surface area (Å²) in [5.74, 6) is 1.36. The highest BCUT2D eigenvalue weighted by molar-refractivity contribution is 5.19. The maximum Gasteiger partial charge on any atom is 0.327 e. The molecule has 3 rings (SSSR count). The first-order valence-corrected chi connectivity index (χ1v) is 7.51. The van der Waals surface area contributed by atoms with Gasteiger partial charge in [-0.2, -0.15) is 0 Å². The molecule has 1 saturated carbocycles. The van der Waals surface area contributed by atoms with Crippen LogP contribution in [0.4, 0.5) is 0 Å². The van der Waals surface area contributed by atoms with Crippen molar-refractivity contribution in [3.05, 3.63) is 58.8 Å². The van der Waals surface area contributed by atoms with E-state index in [-0.39, 0.29) is 5.69 Å². The summed E-state index contributed by atoms with van der Waals surface area (Å²) in [6.07, 6.45) is 8.69. The minimum Gasteiger partial charge on any atom is -0.302 e. The molecule has 1 fully saturated rings. The van der Waals surface area contributed by atoms with Gasteiger partial charge in [-0.1, -0.05) is 30.3 Å². The minimum atomic E-state index is 0.107. The molecule has 0 amide bonds. The van der Waals surface area contributed by atoms with Crippen LogP contribution in [-0.4, -0.2) is 9.13 Å². The monoisotopic (exact) mass is 270 g/mol. The second-order valence-electron chi connectivity index (χ2n) is 5.97. The van der Waals surface area contributed by atoms with Crippen LogP contribution in [0.25, 0.3) is 0 Å². The molecule has 3 nitrogen and oxygen atoms in total. The zero-order valence-electron chi connectivity index (χ0n) is 12.0. The Kier molecular flexibility index (Phi) is 3.77. The summed E-state index contributed by atoms with van der Waals surface area (Å²) in [5.41, 5.74) is 1.58. The first-order chi connectivity index (χ1) is 9.74. The van der Waals surface area contributed by atoms with Gasteiger partial charge in [0.1, 0.15) is 0 Å². The summed E-state index contributed by atoms with van der Waals surface area (Å²) in [6, 6.07) is 10.8. The highest BCUT2D eigenvalue weighted by Crippen LogP contribution is 2.36. The van der Waals surface area contributed by atoms with Crippen LogP contribution in [0.5, 0.6) is 0 Å². The second kappa shape index (κ2) is 5.70. The zero-order valence-corrected chi connectivity index (χ0v) is 12.0. The fraction of sp³-hybridized carbons (Fsp3) is 0.471. The lowest BCUT2D eigenvalue weighted by atomic mass is 9.79. The molecule has 0 radical (unpaired) electrons. The predicted octanol–water partition coefficient (Wildman–Crippen LogP) is 3.16. The Balaban J connectivity index is 1.59. The molecule has 2 aromatic rings. The molecule has 0 saturated heterocycles. The third-order valence-electron chi connectivity index (χ3n) is 4.59. The molecule has 0 aliphatic heterocycles. The fourth-order valence-electron chi connectivity index (χ4n) is 3.33. The van der Waals surface area contributed by atoms with Crippen LogP contribution >= 0.6 is 0 Å². The van der Waals surface area contributed by atoms with Crippen LogP contribution in [0.15, 0.2) is 47.5 Å². The van der Waals surface area contributed by atoms with Crippen molar-refractivity contribution in [2.75, 3.05) is 0 Å². The van der Waals surface area contributed by atoms with E-state index in [1.807, 2.05) is 24.0 Å². The van der Waals surface area contributed by atoms with Gasteiger partial charge >= 0.3 is 5.69 Å². The molecule has 106 valence electrons. The molecule has 0 bridgehead atoms. The Morgan fingerprint density at radius 1 is 1.05 bits per heavy atom. The smallest absolute Gasteiger partial charge is 0.302 e. The molecule has 1 aromatic heterocycles. The summed E-state index contributed by atoms with van der Waals surface area (Å²) >= 11 is 0. The molecule has 20 heavy (non-hydrogen) atoms. The standard InChI is InChI=1S/C17H22N2O/c1-18-11-12-19(17(18)20)13-14-7-9-16(10-8-14)15-5-3-2-4-6-15/h2-6,11-12,14,16H,7-10,13H2,1H3. The molecule has 0 N–H and O–H groups in total. The first-order valence-electron chi connectivity index (χ1n) is 7.51. The van der Waals surface area contributed by atoms with E-state index < -0.39 is 0 Å². The Bertz CT molecular complexity index is 603. The largest absolute Gasteiger partial charge is 0.327 e. The van der Waals surface area contributed by atoms with Gasteiger partial charge in [0.2, 0.25) is 0 Å². The van der Waals surface area contributed by atoms with E-state index in [1.165, 1.54) is 31.2 Å². The number of benzene rings is 1. The van der Waals surface area contributed by atoms with Crippen LogP contribution in [0, 0.1) is 5.92 Å². The topological polar surface area (TPSA) is 26.9 Å². The van der Waals surface area contributed by atoms with Crippen molar-refractivity contribution >= 4 is 0 Å². The Morgan fingerprint density at radius 3 is 2.35 bits per heavy atom. The average molecular weight is 270 g/mol. The Labute approximate surface area is 119 Å². The number of nitrogens with zero attached hydrogens (tertiary/aromatic N) is 2. The van der Waals surface area contributed by atoms with E-state index in [1.54, 1.807) is 4.57 Å². The van der Waals surface area contributed by atoms with Crippen LogP contribution in [0.2, 0.25) is 0 Å². The van der Waals surface area contributed by atoms with Crippen LogP contribution in [0.3, 0.4) is 0 Å². The van der Waals surface area contributed by atoms with Crippen molar-refractivity contribution < 1.29 is 0 Å². The van der Waals surface area contributed by atoms with Gasteiger partial charge in [-0.3, -0.25) is 4.57 Å². The summed E-state index contributed by atoms with van der Waals surface area (Å²) in [7, 11) is 1.81.